The van der Waals surface area contributed by atoms with E-state index in [1.165, 1.54) is 7.11 Å². The van der Waals surface area contributed by atoms with Crippen molar-refractivity contribution in [2.75, 3.05) is 51.5 Å². The van der Waals surface area contributed by atoms with Crippen LogP contribution in [0.2, 0.25) is 0 Å². The molecular weight excluding hydrogens is 438 g/mol. The molecule has 1 atom stereocenters. The molecule has 0 aliphatic carbocycles. The average Bonchev–Trinajstić information content (AvgIpc) is 3.36. The van der Waals surface area contributed by atoms with Gasteiger partial charge in [0.2, 0.25) is 17.7 Å². The number of pyridine rings is 2. The second-order valence-corrected chi connectivity index (χ2v) is 8.55. The maximum absolute atomic E-state index is 12.8. The molecule has 34 heavy (non-hydrogen) atoms. The summed E-state index contributed by atoms with van der Waals surface area (Å²) < 4.78 is 22.5. The highest BCUT2D eigenvalue weighted by molar-refractivity contribution is 5.79. The number of amides is 1. The highest BCUT2D eigenvalue weighted by Crippen LogP contribution is 2.39. The van der Waals surface area contributed by atoms with Crippen LogP contribution in [0.3, 0.4) is 0 Å². The Morgan fingerprint density at radius 1 is 1.15 bits per heavy atom. The third-order valence-corrected chi connectivity index (χ3v) is 6.46. The number of hydrogen-bond acceptors (Lipinski definition) is 9. The fourth-order valence-electron chi connectivity index (χ4n) is 4.67. The third-order valence-electron chi connectivity index (χ3n) is 6.46. The summed E-state index contributed by atoms with van der Waals surface area (Å²) in [4.78, 5) is 25.4. The van der Waals surface area contributed by atoms with E-state index in [1.807, 2.05) is 15.9 Å². The van der Waals surface area contributed by atoms with E-state index < -0.39 is 0 Å². The second-order valence-electron chi connectivity index (χ2n) is 8.55. The van der Waals surface area contributed by atoms with Gasteiger partial charge in [-0.2, -0.15) is 5.26 Å². The molecule has 3 aliphatic rings. The van der Waals surface area contributed by atoms with Crippen LogP contribution in [0.4, 0.5) is 11.4 Å². The first-order chi connectivity index (χ1) is 16.7. The van der Waals surface area contributed by atoms with Crippen LogP contribution in [-0.4, -0.2) is 73.4 Å². The quantitative estimate of drug-likeness (QED) is 0.657. The lowest BCUT2D eigenvalue weighted by molar-refractivity contribution is -0.137. The Bertz CT molecular complexity index is 1100. The number of ether oxygens (including phenoxy) is 4. The van der Waals surface area contributed by atoms with Crippen LogP contribution in [-0.2, 0) is 9.53 Å². The number of nitriles is 1. The minimum absolute atomic E-state index is 0.0523. The predicted octanol–water partition coefficient (Wildman–Crippen LogP) is 2.29. The van der Waals surface area contributed by atoms with Crippen LogP contribution >= 0.6 is 0 Å². The molecule has 5 rings (SSSR count). The first-order valence-corrected chi connectivity index (χ1v) is 11.5. The largest absolute Gasteiger partial charge is 0.488 e. The Balaban J connectivity index is 1.30. The van der Waals surface area contributed by atoms with Crippen molar-refractivity contribution in [1.29, 1.82) is 5.26 Å². The predicted molar refractivity (Wildman–Crippen MR) is 121 cm³/mol. The van der Waals surface area contributed by atoms with E-state index in [9.17, 15) is 10.1 Å². The Hall–Kier alpha value is -3.58. The van der Waals surface area contributed by atoms with Crippen LogP contribution in [0.15, 0.2) is 24.5 Å². The number of anilines is 2. The molecule has 2 aromatic heterocycles. The Morgan fingerprint density at radius 2 is 2.00 bits per heavy atom. The number of nitrogens with zero attached hydrogens (tertiary/aromatic N) is 5. The molecule has 5 heterocycles. The highest BCUT2D eigenvalue weighted by atomic mass is 16.5. The van der Waals surface area contributed by atoms with Crippen molar-refractivity contribution in [1.82, 2.24) is 14.9 Å². The van der Waals surface area contributed by atoms with Gasteiger partial charge in [0.05, 0.1) is 44.0 Å². The van der Waals surface area contributed by atoms with Crippen molar-refractivity contribution in [2.45, 2.75) is 25.4 Å². The summed E-state index contributed by atoms with van der Waals surface area (Å²) in [6, 6.07) is 5.71. The van der Waals surface area contributed by atoms with E-state index in [4.69, 9.17) is 18.9 Å². The number of likely N-dealkylation sites (tertiary alicyclic amines) is 1. The van der Waals surface area contributed by atoms with Crippen molar-refractivity contribution >= 4 is 17.3 Å². The first-order valence-electron chi connectivity index (χ1n) is 11.5. The molecule has 2 saturated heterocycles. The summed E-state index contributed by atoms with van der Waals surface area (Å²) in [7, 11) is 1.49. The van der Waals surface area contributed by atoms with Gasteiger partial charge in [-0.15, -0.1) is 0 Å². The van der Waals surface area contributed by atoms with Gasteiger partial charge < -0.3 is 28.7 Å². The summed E-state index contributed by atoms with van der Waals surface area (Å²) in [5.41, 5.74) is 1.91. The molecule has 0 spiro atoms. The molecule has 0 aromatic carbocycles. The summed E-state index contributed by atoms with van der Waals surface area (Å²) in [5, 5.41) is 9.44. The molecule has 0 radical (unpaired) electrons. The lowest BCUT2D eigenvalue weighted by atomic mass is 9.99. The summed E-state index contributed by atoms with van der Waals surface area (Å²) in [6.45, 7) is 3.63. The number of carbonyl (C=O) groups excluding carboxylic acids is 1. The van der Waals surface area contributed by atoms with Crippen LogP contribution in [0.25, 0.3) is 0 Å². The molecule has 1 unspecified atom stereocenters. The van der Waals surface area contributed by atoms with E-state index in [2.05, 4.69) is 16.0 Å². The van der Waals surface area contributed by atoms with Gasteiger partial charge in [0.25, 0.3) is 0 Å². The van der Waals surface area contributed by atoms with Crippen LogP contribution in [0.5, 0.6) is 17.5 Å². The van der Waals surface area contributed by atoms with E-state index in [1.54, 1.807) is 18.5 Å². The van der Waals surface area contributed by atoms with Gasteiger partial charge in [-0.3, -0.25) is 4.79 Å². The molecule has 0 bridgehead atoms. The van der Waals surface area contributed by atoms with E-state index in [-0.39, 0.29) is 17.9 Å². The molecular formula is C24H27N5O5. The first kappa shape index (κ1) is 22.2. The van der Waals surface area contributed by atoms with E-state index >= 15 is 0 Å². The van der Waals surface area contributed by atoms with Gasteiger partial charge in [0, 0.05) is 38.2 Å². The van der Waals surface area contributed by atoms with Gasteiger partial charge in [0.1, 0.15) is 24.3 Å². The fourth-order valence-corrected chi connectivity index (χ4v) is 4.67. The van der Waals surface area contributed by atoms with Crippen LogP contribution < -0.4 is 19.1 Å². The highest BCUT2D eigenvalue weighted by Gasteiger charge is 2.33. The Labute approximate surface area is 198 Å². The Kier molecular flexibility index (Phi) is 6.36. The molecule has 1 amide bonds. The maximum atomic E-state index is 12.8. The minimum Gasteiger partial charge on any atom is -0.488 e. The fraction of sp³-hybridized carbons (Fsp3) is 0.500. The van der Waals surface area contributed by atoms with Crippen molar-refractivity contribution in [2.24, 2.45) is 5.92 Å². The average molecular weight is 466 g/mol. The van der Waals surface area contributed by atoms with E-state index in [0.717, 1.165) is 30.6 Å². The minimum atomic E-state index is -0.111. The van der Waals surface area contributed by atoms with E-state index in [0.29, 0.717) is 62.5 Å². The summed E-state index contributed by atoms with van der Waals surface area (Å²) >= 11 is 0. The number of hydrogen-bond donors (Lipinski definition) is 0. The van der Waals surface area contributed by atoms with Crippen molar-refractivity contribution in [3.8, 4) is 23.6 Å². The van der Waals surface area contributed by atoms with Gasteiger partial charge >= 0.3 is 0 Å². The molecule has 0 saturated carbocycles. The lowest BCUT2D eigenvalue weighted by Gasteiger charge is -2.31. The molecule has 10 nitrogen and oxygen atoms in total. The summed E-state index contributed by atoms with van der Waals surface area (Å²) in [5.74, 6) is 1.65. The number of aromatic nitrogens is 2. The van der Waals surface area contributed by atoms with Crippen molar-refractivity contribution in [3.05, 3.63) is 30.1 Å². The van der Waals surface area contributed by atoms with Gasteiger partial charge in [-0.1, -0.05) is 0 Å². The van der Waals surface area contributed by atoms with Crippen LogP contribution in [0, 0.1) is 17.2 Å². The number of methoxy groups -OCH3 is 1. The van der Waals surface area contributed by atoms with Gasteiger partial charge in [-0.05, 0) is 18.9 Å². The SMILES string of the molecule is COc1ncc(N2CCOc3cnc(OC4CCN(C(=O)C5CCOCC5)C4)cc32)cc1C#N. The monoisotopic (exact) mass is 465 g/mol. The topological polar surface area (TPSA) is 110 Å². The molecule has 2 fully saturated rings. The standard InChI is InChI=1S/C24H27N5O5/c1-31-23-17(12-25)10-18(13-27-23)29-6-9-33-21-14-26-22(11-20(21)29)34-19-2-5-28(15-19)24(30)16-3-7-32-8-4-16/h10-11,13-14,16,19H,2-9,15H2,1H3. The number of fused-ring (bicyclic) bond motifs is 1. The molecule has 10 heteroatoms. The lowest BCUT2D eigenvalue weighted by Crippen LogP contribution is -2.38. The normalized spacial score (nSPS) is 20.3. The maximum Gasteiger partial charge on any atom is 0.231 e. The zero-order chi connectivity index (χ0) is 23.5. The second kappa shape index (κ2) is 9.73. The van der Waals surface area contributed by atoms with Gasteiger partial charge in [0.15, 0.2) is 5.75 Å². The zero-order valence-corrected chi connectivity index (χ0v) is 19.1. The van der Waals surface area contributed by atoms with Crippen molar-refractivity contribution < 1.29 is 23.7 Å². The van der Waals surface area contributed by atoms with Crippen molar-refractivity contribution in [3.63, 3.8) is 0 Å². The molecule has 3 aliphatic heterocycles. The van der Waals surface area contributed by atoms with Crippen LogP contribution in [0.1, 0.15) is 24.8 Å². The number of carbonyl (C=O) groups is 1. The number of rotatable bonds is 5. The third kappa shape index (κ3) is 4.43. The Morgan fingerprint density at radius 3 is 2.79 bits per heavy atom. The molecule has 0 N–H and O–H groups in total. The summed E-state index contributed by atoms with van der Waals surface area (Å²) in [6.07, 6.45) is 5.56. The smallest absolute Gasteiger partial charge is 0.231 e. The van der Waals surface area contributed by atoms with Gasteiger partial charge in [-0.25, -0.2) is 9.97 Å². The molecule has 2 aromatic rings. The molecule has 178 valence electrons. The zero-order valence-electron chi connectivity index (χ0n) is 19.1.